The molecule has 1 saturated heterocycles. The SMILES string of the molecule is Cc1cc(-c2nnc3cc(C4CCNCC4)ccc3n2)c[n+]2c1=NC(C)C=2. The molecule has 0 amide bonds. The molecule has 1 atom stereocenters. The Morgan fingerprint density at radius 3 is 2.78 bits per heavy atom. The van der Waals surface area contributed by atoms with Crippen LogP contribution in [0, 0.1) is 13.1 Å². The Bertz CT molecular complexity index is 1150. The van der Waals surface area contributed by atoms with Gasteiger partial charge in [-0.3, -0.25) is 0 Å². The summed E-state index contributed by atoms with van der Waals surface area (Å²) in [4.78, 5) is 9.41. The second-order valence-electron chi connectivity index (χ2n) is 7.57. The zero-order chi connectivity index (χ0) is 18.4. The molecule has 1 N–H and O–H groups in total. The quantitative estimate of drug-likeness (QED) is 0.708. The third-order valence-electron chi connectivity index (χ3n) is 5.50. The Labute approximate surface area is 157 Å². The van der Waals surface area contributed by atoms with Gasteiger partial charge in [-0.25, -0.2) is 9.23 Å². The Hall–Kier alpha value is -2.73. The number of benzene rings is 1. The van der Waals surface area contributed by atoms with Crippen LogP contribution in [0.2, 0.25) is 0 Å². The predicted molar refractivity (Wildman–Crippen MR) is 103 cm³/mol. The van der Waals surface area contributed by atoms with Crippen molar-refractivity contribution in [2.24, 2.45) is 4.99 Å². The summed E-state index contributed by atoms with van der Waals surface area (Å²) in [6, 6.07) is 8.73. The lowest BCUT2D eigenvalue weighted by Crippen LogP contribution is -2.36. The average Bonchev–Trinajstić information content (AvgIpc) is 3.09. The summed E-state index contributed by atoms with van der Waals surface area (Å²) in [6.07, 6.45) is 6.50. The van der Waals surface area contributed by atoms with Crippen molar-refractivity contribution >= 4 is 11.0 Å². The van der Waals surface area contributed by atoms with Gasteiger partial charge in [-0.15, -0.1) is 10.2 Å². The molecule has 1 aromatic carbocycles. The fraction of sp³-hybridized carbons (Fsp3) is 0.381. The van der Waals surface area contributed by atoms with Crippen LogP contribution < -0.4 is 15.0 Å². The van der Waals surface area contributed by atoms with Gasteiger partial charge in [0.05, 0.1) is 11.1 Å². The van der Waals surface area contributed by atoms with E-state index < -0.39 is 0 Å². The molecule has 0 radical (unpaired) electrons. The molecular formula is C21H23N6+. The summed E-state index contributed by atoms with van der Waals surface area (Å²) in [5.74, 6) is 1.26. The van der Waals surface area contributed by atoms with Crippen molar-refractivity contribution < 1.29 is 4.24 Å². The van der Waals surface area contributed by atoms with E-state index in [1.165, 1.54) is 18.4 Å². The number of rotatable bonds is 2. The van der Waals surface area contributed by atoms with Crippen LogP contribution in [0.25, 0.3) is 22.4 Å². The molecule has 2 aromatic heterocycles. The first-order valence-electron chi connectivity index (χ1n) is 9.64. The van der Waals surface area contributed by atoms with Gasteiger partial charge in [0, 0.05) is 5.56 Å². The second-order valence-corrected chi connectivity index (χ2v) is 7.57. The van der Waals surface area contributed by atoms with Crippen molar-refractivity contribution in [1.82, 2.24) is 20.5 Å². The zero-order valence-corrected chi connectivity index (χ0v) is 15.7. The first kappa shape index (κ1) is 16.4. The van der Waals surface area contributed by atoms with Gasteiger partial charge < -0.3 is 5.32 Å². The maximum Gasteiger partial charge on any atom is 0.325 e. The molecule has 5 rings (SSSR count). The molecule has 2 aliphatic heterocycles. The van der Waals surface area contributed by atoms with Crippen LogP contribution in [-0.2, 0) is 0 Å². The van der Waals surface area contributed by atoms with Gasteiger partial charge in [-0.1, -0.05) is 11.1 Å². The smallest absolute Gasteiger partial charge is 0.317 e. The number of nitrogens with zero attached hydrogens (tertiary/aromatic N) is 5. The van der Waals surface area contributed by atoms with Crippen molar-refractivity contribution in [2.75, 3.05) is 13.1 Å². The van der Waals surface area contributed by atoms with E-state index >= 15 is 0 Å². The maximum atomic E-state index is 4.77. The largest absolute Gasteiger partial charge is 0.325 e. The van der Waals surface area contributed by atoms with Gasteiger partial charge in [0.2, 0.25) is 0 Å². The fourth-order valence-corrected chi connectivity index (χ4v) is 4.10. The lowest BCUT2D eigenvalue weighted by Gasteiger charge is -2.22. The van der Waals surface area contributed by atoms with Crippen LogP contribution >= 0.6 is 0 Å². The van der Waals surface area contributed by atoms with Gasteiger partial charge in [0.25, 0.3) is 0 Å². The lowest BCUT2D eigenvalue weighted by atomic mass is 9.90. The van der Waals surface area contributed by atoms with E-state index in [1.54, 1.807) is 0 Å². The molecule has 2 aliphatic rings. The van der Waals surface area contributed by atoms with Crippen molar-refractivity contribution in [3.05, 3.63) is 53.3 Å². The Kier molecular flexibility index (Phi) is 3.93. The van der Waals surface area contributed by atoms with E-state index in [-0.39, 0.29) is 6.04 Å². The number of pyridine rings is 1. The number of hydrogen-bond donors (Lipinski definition) is 1. The summed E-state index contributed by atoms with van der Waals surface area (Å²) in [6.45, 7) is 6.33. The molecule has 0 spiro atoms. The third kappa shape index (κ3) is 3.00. The van der Waals surface area contributed by atoms with E-state index in [1.807, 2.05) is 6.20 Å². The van der Waals surface area contributed by atoms with E-state index in [2.05, 4.69) is 69.1 Å². The molecule has 0 bridgehead atoms. The summed E-state index contributed by atoms with van der Waals surface area (Å²) < 4.78 is 2.07. The summed E-state index contributed by atoms with van der Waals surface area (Å²) in [5, 5.41) is 12.3. The van der Waals surface area contributed by atoms with Gasteiger partial charge in [0.15, 0.2) is 11.9 Å². The molecule has 27 heavy (non-hydrogen) atoms. The minimum atomic E-state index is 0.197. The summed E-state index contributed by atoms with van der Waals surface area (Å²) in [7, 11) is 0. The maximum absolute atomic E-state index is 4.77. The fourth-order valence-electron chi connectivity index (χ4n) is 4.10. The molecule has 136 valence electrons. The molecule has 1 fully saturated rings. The van der Waals surface area contributed by atoms with Crippen LogP contribution in [0.15, 0.2) is 35.5 Å². The number of aryl methyl sites for hydroxylation is 1. The summed E-state index contributed by atoms with van der Waals surface area (Å²) >= 11 is 0. The highest BCUT2D eigenvalue weighted by molar-refractivity contribution is 5.76. The number of hydrogen-bond acceptors (Lipinski definition) is 5. The number of fused-ring (bicyclic) bond motifs is 2. The second kappa shape index (κ2) is 6.46. The molecular weight excluding hydrogens is 336 g/mol. The van der Waals surface area contributed by atoms with Crippen LogP contribution in [0.4, 0.5) is 0 Å². The van der Waals surface area contributed by atoms with Crippen LogP contribution in [0.3, 0.4) is 0 Å². The van der Waals surface area contributed by atoms with Crippen molar-refractivity contribution in [3.63, 3.8) is 0 Å². The third-order valence-corrected chi connectivity index (χ3v) is 5.50. The predicted octanol–water partition coefficient (Wildman–Crippen LogP) is 1.79. The standard InChI is InChI=1S/C21H23N6/c1-13-9-17(12-27-11-14(2)23-21(13)27)20-24-18-4-3-16(10-19(18)25-26-20)15-5-7-22-8-6-15/h3-4,9-12,14-15,22H,5-8H2,1-2H3/q+1. The van der Waals surface area contributed by atoms with E-state index in [0.717, 1.165) is 40.7 Å². The van der Waals surface area contributed by atoms with Gasteiger partial charge >= 0.3 is 5.49 Å². The molecule has 6 nitrogen and oxygen atoms in total. The Balaban J connectivity index is 1.54. The molecule has 0 saturated carbocycles. The Morgan fingerprint density at radius 1 is 1.07 bits per heavy atom. The highest BCUT2D eigenvalue weighted by atomic mass is 15.2. The number of piperidine rings is 1. The monoisotopic (exact) mass is 359 g/mol. The minimum absolute atomic E-state index is 0.197. The van der Waals surface area contributed by atoms with Crippen molar-refractivity contribution in [1.29, 1.82) is 0 Å². The lowest BCUT2D eigenvalue weighted by molar-refractivity contribution is -0.522. The van der Waals surface area contributed by atoms with Crippen molar-refractivity contribution in [2.45, 2.75) is 38.6 Å². The van der Waals surface area contributed by atoms with Gasteiger partial charge in [0.1, 0.15) is 17.9 Å². The Morgan fingerprint density at radius 2 is 1.93 bits per heavy atom. The zero-order valence-electron chi connectivity index (χ0n) is 15.7. The number of aromatic nitrogens is 4. The van der Waals surface area contributed by atoms with E-state index in [9.17, 15) is 0 Å². The first-order chi connectivity index (χ1) is 13.2. The molecule has 4 heterocycles. The topological polar surface area (TPSA) is 69.0 Å². The van der Waals surface area contributed by atoms with E-state index in [4.69, 9.17) is 4.98 Å². The van der Waals surface area contributed by atoms with Crippen LogP contribution in [0.1, 0.15) is 36.8 Å². The normalized spacial score (nSPS) is 19.6. The first-order valence-corrected chi connectivity index (χ1v) is 9.64. The van der Waals surface area contributed by atoms with Gasteiger partial charge in [-0.05, 0) is 69.5 Å². The molecule has 1 unspecified atom stereocenters. The van der Waals surface area contributed by atoms with E-state index in [0.29, 0.717) is 11.7 Å². The minimum Gasteiger partial charge on any atom is -0.317 e. The van der Waals surface area contributed by atoms with Crippen molar-refractivity contribution in [3.8, 4) is 11.4 Å². The van der Waals surface area contributed by atoms with Crippen LogP contribution in [0.5, 0.6) is 0 Å². The van der Waals surface area contributed by atoms with Gasteiger partial charge in [-0.2, -0.15) is 0 Å². The van der Waals surface area contributed by atoms with Crippen LogP contribution in [-0.4, -0.2) is 34.3 Å². The highest BCUT2D eigenvalue weighted by Crippen LogP contribution is 2.27. The molecule has 3 aromatic rings. The molecule has 0 aliphatic carbocycles. The summed E-state index contributed by atoms with van der Waals surface area (Å²) in [5.41, 5.74) is 6.21. The highest BCUT2D eigenvalue weighted by Gasteiger charge is 2.19. The number of nitrogens with one attached hydrogen (secondary N) is 1. The molecule has 6 heteroatoms. The average molecular weight is 359 g/mol.